The Bertz CT molecular complexity index is 812. The fourth-order valence-electron chi connectivity index (χ4n) is 3.94. The lowest BCUT2D eigenvalue weighted by Crippen LogP contribution is -2.57. The van der Waals surface area contributed by atoms with Crippen LogP contribution >= 0.6 is 23.5 Å². The maximum absolute atomic E-state index is 13.4. The van der Waals surface area contributed by atoms with Crippen LogP contribution in [-0.4, -0.2) is 57.5 Å². The van der Waals surface area contributed by atoms with Crippen molar-refractivity contribution in [2.24, 2.45) is 0 Å². The average molecular weight is 436 g/mol. The van der Waals surface area contributed by atoms with Gasteiger partial charge in [0.2, 0.25) is 11.8 Å². The lowest BCUT2D eigenvalue weighted by Gasteiger charge is -2.31. The fraction of sp³-hybridized carbons (Fsp3) is 0.571. The summed E-state index contributed by atoms with van der Waals surface area (Å²) in [6, 6.07) is 6.28. The number of rotatable bonds is 7. The Morgan fingerprint density at radius 3 is 2.59 bits per heavy atom. The summed E-state index contributed by atoms with van der Waals surface area (Å²) in [5.41, 5.74) is 1.62. The molecule has 1 aromatic carbocycles. The van der Waals surface area contributed by atoms with Crippen LogP contribution in [0.15, 0.2) is 24.3 Å². The number of benzene rings is 1. The molecule has 0 aliphatic carbocycles. The Hall–Kier alpha value is -1.67. The summed E-state index contributed by atoms with van der Waals surface area (Å²) in [7, 11) is 0. The molecule has 3 atom stereocenters. The monoisotopic (exact) mass is 435 g/mol. The van der Waals surface area contributed by atoms with E-state index < -0.39 is 16.8 Å². The van der Waals surface area contributed by atoms with Crippen molar-refractivity contribution in [1.82, 2.24) is 15.5 Å². The topological polar surface area (TPSA) is 78.5 Å². The molecule has 158 valence electrons. The molecule has 0 spiro atoms. The van der Waals surface area contributed by atoms with Crippen LogP contribution in [0.25, 0.3) is 0 Å². The molecule has 1 saturated heterocycles. The Labute approximate surface area is 180 Å². The van der Waals surface area contributed by atoms with Crippen molar-refractivity contribution < 1.29 is 14.4 Å². The zero-order valence-electron chi connectivity index (χ0n) is 17.5. The summed E-state index contributed by atoms with van der Waals surface area (Å²) >= 11 is 3.26. The lowest BCUT2D eigenvalue weighted by atomic mass is 10.00. The maximum Gasteiger partial charge on any atom is 0.256 e. The molecule has 1 aromatic rings. The van der Waals surface area contributed by atoms with Crippen LogP contribution in [0.5, 0.6) is 0 Å². The zero-order valence-corrected chi connectivity index (χ0v) is 19.2. The van der Waals surface area contributed by atoms with E-state index in [1.165, 1.54) is 0 Å². The van der Waals surface area contributed by atoms with E-state index in [2.05, 4.69) is 10.6 Å². The molecule has 0 bridgehead atoms. The van der Waals surface area contributed by atoms with Gasteiger partial charge in [0, 0.05) is 16.4 Å². The van der Waals surface area contributed by atoms with Gasteiger partial charge in [0.25, 0.3) is 5.91 Å². The molecular weight excluding hydrogens is 406 g/mol. The standard InChI is InChI=1S/C21H29N3O3S2/c1-12(2)22-17(25)15(10-11-28-5)23-18(26)16-21(3,4)29-20-14-9-7-6-8-13(14)19(27)24(16)20/h6-9,12,15-16,20H,10-11H2,1-5H3,(H,22,25)(H,23,26)/t15-,16-,20+/m0/s1. The fourth-order valence-corrected chi connectivity index (χ4v) is 6.00. The largest absolute Gasteiger partial charge is 0.352 e. The van der Waals surface area contributed by atoms with Gasteiger partial charge < -0.3 is 15.5 Å². The van der Waals surface area contributed by atoms with E-state index in [0.717, 1.165) is 11.3 Å². The highest BCUT2D eigenvalue weighted by atomic mass is 32.2. The predicted octanol–water partition coefficient (Wildman–Crippen LogP) is 2.80. The van der Waals surface area contributed by atoms with Gasteiger partial charge >= 0.3 is 0 Å². The minimum absolute atomic E-state index is 0.00584. The van der Waals surface area contributed by atoms with Crippen molar-refractivity contribution >= 4 is 41.2 Å². The van der Waals surface area contributed by atoms with Crippen molar-refractivity contribution in [2.45, 2.75) is 62.4 Å². The summed E-state index contributed by atoms with van der Waals surface area (Å²) in [5.74, 6) is 0.196. The molecule has 1 fully saturated rings. The number of hydrogen-bond acceptors (Lipinski definition) is 5. The highest BCUT2D eigenvalue weighted by Gasteiger charge is 2.57. The van der Waals surface area contributed by atoms with Gasteiger partial charge in [-0.1, -0.05) is 18.2 Å². The maximum atomic E-state index is 13.4. The highest BCUT2D eigenvalue weighted by molar-refractivity contribution is 8.01. The first-order valence-corrected chi connectivity index (χ1v) is 12.1. The third kappa shape index (κ3) is 4.28. The molecule has 2 aliphatic heterocycles. The summed E-state index contributed by atoms with van der Waals surface area (Å²) in [6.07, 6.45) is 2.52. The van der Waals surface area contributed by atoms with E-state index >= 15 is 0 Å². The molecular formula is C21H29N3O3S2. The number of carbonyl (C=O) groups is 3. The molecule has 2 heterocycles. The van der Waals surface area contributed by atoms with Gasteiger partial charge in [-0.15, -0.1) is 11.8 Å². The molecule has 29 heavy (non-hydrogen) atoms. The van der Waals surface area contributed by atoms with Crippen LogP contribution in [0.4, 0.5) is 0 Å². The lowest BCUT2D eigenvalue weighted by molar-refractivity contribution is -0.132. The molecule has 8 heteroatoms. The molecule has 6 nitrogen and oxygen atoms in total. The van der Waals surface area contributed by atoms with Crippen molar-refractivity contribution in [3.05, 3.63) is 35.4 Å². The van der Waals surface area contributed by atoms with Crippen LogP contribution in [0.3, 0.4) is 0 Å². The third-order valence-corrected chi connectivity index (χ3v) is 7.40. The van der Waals surface area contributed by atoms with Gasteiger partial charge in [-0.05, 0) is 57.8 Å². The number of nitrogens with one attached hydrogen (secondary N) is 2. The van der Waals surface area contributed by atoms with Crippen LogP contribution in [0.1, 0.15) is 55.4 Å². The van der Waals surface area contributed by atoms with Crippen molar-refractivity contribution in [2.75, 3.05) is 12.0 Å². The first-order chi connectivity index (χ1) is 13.7. The molecule has 0 radical (unpaired) electrons. The Morgan fingerprint density at radius 1 is 1.24 bits per heavy atom. The first kappa shape index (κ1) is 22.0. The molecule has 3 rings (SSSR count). The van der Waals surface area contributed by atoms with Gasteiger partial charge in [-0.25, -0.2) is 0 Å². The van der Waals surface area contributed by atoms with Gasteiger partial charge in [0.05, 0.1) is 0 Å². The van der Waals surface area contributed by atoms with E-state index in [1.54, 1.807) is 28.4 Å². The second-order valence-electron chi connectivity index (χ2n) is 8.28. The van der Waals surface area contributed by atoms with E-state index in [-0.39, 0.29) is 29.1 Å². The quantitative estimate of drug-likeness (QED) is 0.689. The SMILES string of the molecule is CSCC[C@H](NC(=O)[C@@H]1N2C(=O)c3ccccc3[C@H]2SC1(C)C)C(=O)NC(C)C. The molecule has 2 N–H and O–H groups in total. The van der Waals surface area contributed by atoms with E-state index in [0.29, 0.717) is 12.0 Å². The highest BCUT2D eigenvalue weighted by Crippen LogP contribution is 2.56. The number of amides is 3. The Morgan fingerprint density at radius 2 is 1.93 bits per heavy atom. The number of carbonyl (C=O) groups excluding carboxylic acids is 3. The molecule has 0 aromatic heterocycles. The number of fused-ring (bicyclic) bond motifs is 3. The third-order valence-electron chi connectivity index (χ3n) is 5.22. The summed E-state index contributed by atoms with van der Waals surface area (Å²) < 4.78 is -0.462. The van der Waals surface area contributed by atoms with Gasteiger partial charge in [-0.2, -0.15) is 11.8 Å². The van der Waals surface area contributed by atoms with E-state index in [4.69, 9.17) is 0 Å². The Balaban J connectivity index is 1.83. The first-order valence-electron chi connectivity index (χ1n) is 9.86. The second kappa shape index (κ2) is 8.60. The molecule has 0 saturated carbocycles. The van der Waals surface area contributed by atoms with Crippen molar-refractivity contribution in [3.8, 4) is 0 Å². The van der Waals surface area contributed by atoms with Crippen LogP contribution in [0.2, 0.25) is 0 Å². The van der Waals surface area contributed by atoms with Gasteiger partial charge in [0.15, 0.2) is 0 Å². The normalized spacial score (nSPS) is 23.0. The summed E-state index contributed by atoms with van der Waals surface area (Å²) in [4.78, 5) is 40.7. The number of thioether (sulfide) groups is 2. The van der Waals surface area contributed by atoms with Crippen LogP contribution in [0, 0.1) is 0 Å². The number of nitrogens with zero attached hydrogens (tertiary/aromatic N) is 1. The molecule has 0 unspecified atom stereocenters. The predicted molar refractivity (Wildman–Crippen MR) is 119 cm³/mol. The average Bonchev–Trinajstić information content (AvgIpc) is 3.08. The van der Waals surface area contributed by atoms with E-state index in [1.807, 2.05) is 58.2 Å². The Kier molecular flexibility index (Phi) is 6.53. The minimum atomic E-state index is -0.638. The van der Waals surface area contributed by atoms with Crippen molar-refractivity contribution in [1.29, 1.82) is 0 Å². The minimum Gasteiger partial charge on any atom is -0.352 e. The van der Waals surface area contributed by atoms with Crippen LogP contribution in [-0.2, 0) is 9.59 Å². The summed E-state index contributed by atoms with van der Waals surface area (Å²) in [5, 5.41) is 5.66. The van der Waals surface area contributed by atoms with Crippen LogP contribution < -0.4 is 10.6 Å². The van der Waals surface area contributed by atoms with Crippen molar-refractivity contribution in [3.63, 3.8) is 0 Å². The second-order valence-corrected chi connectivity index (χ2v) is 11.0. The van der Waals surface area contributed by atoms with Gasteiger partial charge in [-0.3, -0.25) is 14.4 Å². The van der Waals surface area contributed by atoms with Gasteiger partial charge in [0.1, 0.15) is 17.5 Å². The van der Waals surface area contributed by atoms with E-state index in [9.17, 15) is 14.4 Å². The zero-order chi connectivity index (χ0) is 21.3. The number of hydrogen-bond donors (Lipinski definition) is 2. The smallest absolute Gasteiger partial charge is 0.256 e. The summed E-state index contributed by atoms with van der Waals surface area (Å²) in [6.45, 7) is 7.77. The molecule has 3 amide bonds. The molecule has 2 aliphatic rings.